The number of benzene rings is 2. The van der Waals surface area contributed by atoms with E-state index in [1.807, 2.05) is 77.6 Å². The van der Waals surface area contributed by atoms with Gasteiger partial charge in [-0.15, -0.1) is 0 Å². The molecule has 0 radical (unpaired) electrons. The Bertz CT molecular complexity index is 1120. The van der Waals surface area contributed by atoms with Crippen LogP contribution in [0.25, 0.3) is 5.69 Å². The maximum Gasteiger partial charge on any atom is 0.224 e. The number of pyridine rings is 1. The number of hydrogen-bond donors (Lipinski definition) is 1. The summed E-state index contributed by atoms with van der Waals surface area (Å²) in [5.74, 6) is 1.81. The van der Waals surface area contributed by atoms with Crippen LogP contribution < -0.4 is 14.8 Å². The molecule has 0 atom stereocenters. The third kappa shape index (κ3) is 5.51. The molecule has 0 fully saturated rings. The Morgan fingerprint density at radius 2 is 1.68 bits per heavy atom. The van der Waals surface area contributed by atoms with Crippen LogP contribution in [0.2, 0.25) is 0 Å². The summed E-state index contributed by atoms with van der Waals surface area (Å²) >= 11 is 0. The lowest BCUT2D eigenvalue weighted by Gasteiger charge is -2.09. The molecule has 0 unspecified atom stereocenters. The minimum atomic E-state index is -0.0366. The Morgan fingerprint density at radius 3 is 2.39 bits per heavy atom. The number of rotatable bonds is 8. The van der Waals surface area contributed by atoms with Crippen LogP contribution in [0.15, 0.2) is 91.4 Å². The number of methoxy groups -OCH3 is 1. The maximum absolute atomic E-state index is 12.3. The summed E-state index contributed by atoms with van der Waals surface area (Å²) in [7, 11) is 1.61. The molecule has 6 heteroatoms. The lowest BCUT2D eigenvalue weighted by Crippen LogP contribution is -2.24. The number of ether oxygens (including phenoxy) is 2. The van der Waals surface area contributed by atoms with Crippen molar-refractivity contribution in [3.05, 3.63) is 103 Å². The van der Waals surface area contributed by atoms with E-state index in [1.54, 1.807) is 25.4 Å². The molecule has 2 aromatic heterocycles. The Labute approximate surface area is 181 Å². The minimum Gasteiger partial charge on any atom is -0.497 e. The molecule has 0 aliphatic carbocycles. The number of carbonyl (C=O) groups is 1. The van der Waals surface area contributed by atoms with Crippen LogP contribution in [-0.2, 0) is 17.8 Å². The predicted molar refractivity (Wildman–Crippen MR) is 119 cm³/mol. The smallest absolute Gasteiger partial charge is 0.224 e. The predicted octanol–water partition coefficient (Wildman–Crippen LogP) is 4.53. The molecular formula is C25H23N3O3. The van der Waals surface area contributed by atoms with E-state index >= 15 is 0 Å². The van der Waals surface area contributed by atoms with Gasteiger partial charge in [-0.25, -0.2) is 4.98 Å². The molecule has 0 saturated heterocycles. The largest absolute Gasteiger partial charge is 0.497 e. The molecule has 1 amide bonds. The molecule has 6 nitrogen and oxygen atoms in total. The molecule has 156 valence electrons. The summed E-state index contributed by atoms with van der Waals surface area (Å²) in [6.07, 6.45) is 6.00. The minimum absolute atomic E-state index is 0.0366. The van der Waals surface area contributed by atoms with Crippen molar-refractivity contribution in [1.82, 2.24) is 14.9 Å². The first kappa shape index (κ1) is 20.2. The van der Waals surface area contributed by atoms with Crippen LogP contribution in [0, 0.1) is 0 Å². The molecule has 2 heterocycles. The van der Waals surface area contributed by atoms with Gasteiger partial charge < -0.3 is 19.4 Å². The van der Waals surface area contributed by atoms with Crippen molar-refractivity contribution in [3.8, 4) is 23.1 Å². The van der Waals surface area contributed by atoms with Gasteiger partial charge in [0.25, 0.3) is 0 Å². The van der Waals surface area contributed by atoms with Gasteiger partial charge in [0.05, 0.1) is 13.5 Å². The third-order valence-electron chi connectivity index (χ3n) is 4.75. The first-order valence-electron chi connectivity index (χ1n) is 9.95. The Kier molecular flexibility index (Phi) is 6.28. The highest BCUT2D eigenvalue weighted by Crippen LogP contribution is 2.23. The van der Waals surface area contributed by atoms with E-state index in [0.717, 1.165) is 22.6 Å². The van der Waals surface area contributed by atoms with Crippen molar-refractivity contribution in [1.29, 1.82) is 0 Å². The van der Waals surface area contributed by atoms with Crippen molar-refractivity contribution < 1.29 is 14.3 Å². The molecule has 31 heavy (non-hydrogen) atoms. The van der Waals surface area contributed by atoms with Gasteiger partial charge in [0, 0.05) is 43.0 Å². The van der Waals surface area contributed by atoms with E-state index in [9.17, 15) is 4.79 Å². The third-order valence-corrected chi connectivity index (χ3v) is 4.75. The fourth-order valence-corrected chi connectivity index (χ4v) is 3.10. The molecule has 0 saturated carbocycles. The van der Waals surface area contributed by atoms with Crippen LogP contribution in [0.4, 0.5) is 0 Å². The molecular weight excluding hydrogens is 390 g/mol. The average molecular weight is 413 g/mol. The molecule has 0 spiro atoms. The number of nitrogens with one attached hydrogen (secondary N) is 1. The first-order chi connectivity index (χ1) is 15.2. The zero-order chi connectivity index (χ0) is 21.5. The summed E-state index contributed by atoms with van der Waals surface area (Å²) < 4.78 is 13.0. The Hall–Kier alpha value is -4.06. The van der Waals surface area contributed by atoms with Gasteiger partial charge in [0.1, 0.15) is 11.5 Å². The SMILES string of the molecule is COc1cccc(Oc2ccc(CNC(=O)Cc3ccc(-n4cccc4)cc3)cn2)c1. The van der Waals surface area contributed by atoms with Crippen LogP contribution in [0.5, 0.6) is 17.4 Å². The monoisotopic (exact) mass is 413 g/mol. The first-order valence-corrected chi connectivity index (χ1v) is 9.95. The Morgan fingerprint density at radius 1 is 0.935 bits per heavy atom. The summed E-state index contributed by atoms with van der Waals surface area (Å²) in [5.41, 5.74) is 2.93. The second-order valence-corrected chi connectivity index (χ2v) is 7.00. The van der Waals surface area contributed by atoms with E-state index in [2.05, 4.69) is 10.3 Å². The summed E-state index contributed by atoms with van der Waals surface area (Å²) in [4.78, 5) is 16.6. The fraction of sp³-hybridized carbons (Fsp3) is 0.120. The van der Waals surface area contributed by atoms with Crippen LogP contribution in [-0.4, -0.2) is 22.6 Å². The lowest BCUT2D eigenvalue weighted by molar-refractivity contribution is -0.120. The van der Waals surface area contributed by atoms with Gasteiger partial charge in [-0.1, -0.05) is 24.3 Å². The van der Waals surface area contributed by atoms with Crippen LogP contribution in [0.3, 0.4) is 0 Å². The number of hydrogen-bond acceptors (Lipinski definition) is 4. The van der Waals surface area contributed by atoms with E-state index in [0.29, 0.717) is 24.6 Å². The van der Waals surface area contributed by atoms with Crippen molar-refractivity contribution in [2.24, 2.45) is 0 Å². The normalized spacial score (nSPS) is 10.5. The highest BCUT2D eigenvalue weighted by atomic mass is 16.5. The molecule has 1 N–H and O–H groups in total. The van der Waals surface area contributed by atoms with Crippen LogP contribution >= 0.6 is 0 Å². The van der Waals surface area contributed by atoms with Gasteiger partial charge in [-0.05, 0) is 47.5 Å². The average Bonchev–Trinajstić information content (AvgIpc) is 3.34. The topological polar surface area (TPSA) is 65.4 Å². The number of carbonyl (C=O) groups excluding carboxylic acids is 1. The van der Waals surface area contributed by atoms with E-state index in [4.69, 9.17) is 9.47 Å². The zero-order valence-electron chi connectivity index (χ0n) is 17.2. The summed E-state index contributed by atoms with van der Waals surface area (Å²) in [6, 6.07) is 22.9. The van der Waals surface area contributed by atoms with Gasteiger partial charge in [-0.2, -0.15) is 0 Å². The van der Waals surface area contributed by atoms with Crippen molar-refractivity contribution in [3.63, 3.8) is 0 Å². The second-order valence-electron chi connectivity index (χ2n) is 7.00. The molecule has 4 rings (SSSR count). The maximum atomic E-state index is 12.3. The number of aromatic nitrogens is 2. The second kappa shape index (κ2) is 9.63. The zero-order valence-corrected chi connectivity index (χ0v) is 17.2. The van der Waals surface area contributed by atoms with Gasteiger partial charge in [-0.3, -0.25) is 4.79 Å². The number of amides is 1. The fourth-order valence-electron chi connectivity index (χ4n) is 3.10. The van der Waals surface area contributed by atoms with Gasteiger partial charge in [0.15, 0.2) is 0 Å². The molecule has 2 aromatic carbocycles. The van der Waals surface area contributed by atoms with Crippen molar-refractivity contribution >= 4 is 5.91 Å². The van der Waals surface area contributed by atoms with Crippen LogP contribution in [0.1, 0.15) is 11.1 Å². The van der Waals surface area contributed by atoms with Crippen molar-refractivity contribution in [2.75, 3.05) is 7.11 Å². The standard InChI is InChI=1S/C25H23N3O3/c1-30-22-5-4-6-23(16-22)31-25-12-9-20(18-27-25)17-26-24(29)15-19-7-10-21(11-8-19)28-13-2-3-14-28/h2-14,16,18H,15,17H2,1H3,(H,26,29). The highest BCUT2D eigenvalue weighted by Gasteiger charge is 2.06. The van der Waals surface area contributed by atoms with Crippen molar-refractivity contribution in [2.45, 2.75) is 13.0 Å². The molecule has 0 bridgehead atoms. The Balaban J connectivity index is 1.27. The van der Waals surface area contributed by atoms with Gasteiger partial charge >= 0.3 is 0 Å². The quantitative estimate of drug-likeness (QED) is 0.461. The molecule has 0 aliphatic rings. The summed E-state index contributed by atoms with van der Waals surface area (Å²) in [5, 5.41) is 2.93. The van der Waals surface area contributed by atoms with E-state index in [-0.39, 0.29) is 5.91 Å². The number of nitrogens with zero attached hydrogens (tertiary/aromatic N) is 2. The van der Waals surface area contributed by atoms with E-state index < -0.39 is 0 Å². The van der Waals surface area contributed by atoms with Gasteiger partial charge in [0.2, 0.25) is 11.8 Å². The lowest BCUT2D eigenvalue weighted by atomic mass is 10.1. The molecule has 4 aromatic rings. The summed E-state index contributed by atoms with van der Waals surface area (Å²) in [6.45, 7) is 0.409. The van der Waals surface area contributed by atoms with E-state index in [1.165, 1.54) is 0 Å². The highest BCUT2D eigenvalue weighted by molar-refractivity contribution is 5.78. The molecule has 0 aliphatic heterocycles.